The molecular weight excluding hydrogens is 803 g/mol. The van der Waals surface area contributed by atoms with Gasteiger partial charge in [0.2, 0.25) is 0 Å². The number of thiazole rings is 1. The fourth-order valence-electron chi connectivity index (χ4n) is 6.04. The Morgan fingerprint density at radius 2 is 1.60 bits per heavy atom. The zero-order valence-electron chi connectivity index (χ0n) is 30.1. The molecule has 0 unspecified atom stereocenters. The van der Waals surface area contributed by atoms with E-state index in [4.69, 9.17) is 23.9 Å². The molecule has 1 aliphatic rings. The molecule has 272 valence electrons. The van der Waals surface area contributed by atoms with Gasteiger partial charge in [-0.15, -0.1) is 0 Å². The third-order valence-corrected chi connectivity index (χ3v) is 10.5. The molecule has 0 spiro atoms. The smallest absolute Gasteiger partial charge is 0.338 e. The van der Waals surface area contributed by atoms with E-state index in [-0.39, 0.29) is 24.7 Å². The Labute approximate surface area is 325 Å². The van der Waals surface area contributed by atoms with Gasteiger partial charge in [0.1, 0.15) is 6.61 Å². The van der Waals surface area contributed by atoms with Crippen LogP contribution < -0.4 is 24.4 Å². The molecule has 0 bridgehead atoms. The number of aromatic nitrogens is 1. The summed E-state index contributed by atoms with van der Waals surface area (Å²) in [6.45, 7) is 8.51. The molecule has 0 radical (unpaired) electrons. The molecular formula is C42H39IN2O7S. The molecule has 1 aliphatic heterocycles. The molecule has 1 atom stereocenters. The SMILES string of the molecule is CCOC(=O)C1=C(c2ccccc2)N=c2s/c(=C\c3cc(I)c(OCc4ccc(C(=O)OCC)cc4)c(OC)c3)c(=O)n2[C@@H]1c1ccc(C(C)C)cc1. The number of rotatable bonds is 12. The third kappa shape index (κ3) is 8.16. The first-order chi connectivity index (χ1) is 25.6. The average molecular weight is 843 g/mol. The zero-order valence-corrected chi connectivity index (χ0v) is 33.0. The summed E-state index contributed by atoms with van der Waals surface area (Å²) in [5, 5.41) is 0. The largest absolute Gasteiger partial charge is 0.493 e. The number of hydrogen-bond donors (Lipinski definition) is 0. The number of benzene rings is 4. The van der Waals surface area contributed by atoms with E-state index in [0.717, 1.165) is 31.4 Å². The molecule has 0 saturated carbocycles. The Balaban J connectivity index is 1.42. The summed E-state index contributed by atoms with van der Waals surface area (Å²) < 4.78 is 25.4. The van der Waals surface area contributed by atoms with E-state index in [2.05, 4.69) is 36.4 Å². The second-order valence-corrected chi connectivity index (χ2v) is 14.7. The number of nitrogens with zero attached hydrogens (tertiary/aromatic N) is 2. The summed E-state index contributed by atoms with van der Waals surface area (Å²) in [6, 6.07) is 27.6. The molecule has 9 nitrogen and oxygen atoms in total. The van der Waals surface area contributed by atoms with Gasteiger partial charge in [0.05, 0.1) is 51.3 Å². The van der Waals surface area contributed by atoms with Crippen molar-refractivity contribution < 1.29 is 28.5 Å². The summed E-state index contributed by atoms with van der Waals surface area (Å²) >= 11 is 3.45. The molecule has 1 aromatic heterocycles. The summed E-state index contributed by atoms with van der Waals surface area (Å²) in [4.78, 5) is 45.7. The summed E-state index contributed by atoms with van der Waals surface area (Å²) in [7, 11) is 1.57. The van der Waals surface area contributed by atoms with E-state index in [1.54, 1.807) is 37.7 Å². The third-order valence-electron chi connectivity index (χ3n) is 8.69. The van der Waals surface area contributed by atoms with Crippen molar-refractivity contribution in [3.05, 3.63) is 153 Å². The van der Waals surface area contributed by atoms with Crippen molar-refractivity contribution in [2.45, 2.75) is 46.3 Å². The van der Waals surface area contributed by atoms with Crippen LogP contribution >= 0.6 is 33.9 Å². The number of methoxy groups -OCH3 is 1. The summed E-state index contributed by atoms with van der Waals surface area (Å²) in [5.74, 6) is 0.473. The Kier molecular flexibility index (Phi) is 11.9. The summed E-state index contributed by atoms with van der Waals surface area (Å²) in [5.41, 5.74) is 5.25. The Morgan fingerprint density at radius 1 is 0.925 bits per heavy atom. The first kappa shape index (κ1) is 37.7. The van der Waals surface area contributed by atoms with Crippen LogP contribution in [-0.4, -0.2) is 36.8 Å². The molecule has 0 fully saturated rings. The first-order valence-electron chi connectivity index (χ1n) is 17.3. The molecule has 0 N–H and O–H groups in total. The van der Waals surface area contributed by atoms with Crippen LogP contribution in [0.25, 0.3) is 11.8 Å². The van der Waals surface area contributed by atoms with Gasteiger partial charge in [0.25, 0.3) is 5.56 Å². The number of fused-ring (bicyclic) bond motifs is 1. The maximum atomic E-state index is 14.4. The molecule has 11 heteroatoms. The lowest BCUT2D eigenvalue weighted by atomic mass is 9.91. The summed E-state index contributed by atoms with van der Waals surface area (Å²) in [6.07, 6.45) is 1.81. The van der Waals surface area contributed by atoms with Crippen molar-refractivity contribution in [3.63, 3.8) is 0 Å². The number of carbonyl (C=O) groups excluding carboxylic acids is 2. The number of esters is 2. The molecule has 0 amide bonds. The van der Waals surface area contributed by atoms with Crippen molar-refractivity contribution in [2.75, 3.05) is 20.3 Å². The van der Waals surface area contributed by atoms with Crippen LogP contribution in [0.15, 0.2) is 106 Å². The maximum Gasteiger partial charge on any atom is 0.338 e. The van der Waals surface area contributed by atoms with Crippen molar-refractivity contribution in [2.24, 2.45) is 4.99 Å². The predicted octanol–water partition coefficient (Wildman–Crippen LogP) is 7.43. The van der Waals surface area contributed by atoms with Crippen LogP contribution in [-0.2, 0) is 20.9 Å². The fourth-order valence-corrected chi connectivity index (χ4v) is 7.82. The zero-order chi connectivity index (χ0) is 37.6. The van der Waals surface area contributed by atoms with Crippen LogP contribution in [0.4, 0.5) is 0 Å². The number of hydrogen-bond acceptors (Lipinski definition) is 9. The standard InChI is InChI=1S/C42H39IN2O7S/c1-6-50-40(47)31-15-13-26(14-16-31)24-52-38-32(43)21-27(22-33(38)49-5)23-34-39(46)45-37(30-19-17-28(18-20-30)25(3)4)35(41(48)51-7-2)36(44-42(45)53-34)29-11-9-8-10-12-29/h8-23,25,37H,6-7,24H2,1-5H3/b34-23-/t37-/m1/s1. The highest BCUT2D eigenvalue weighted by atomic mass is 127. The van der Waals surface area contributed by atoms with Gasteiger partial charge in [-0.3, -0.25) is 9.36 Å². The van der Waals surface area contributed by atoms with Crippen molar-refractivity contribution in [3.8, 4) is 11.5 Å². The Morgan fingerprint density at radius 3 is 2.25 bits per heavy atom. The highest BCUT2D eigenvalue weighted by Gasteiger charge is 2.35. The lowest BCUT2D eigenvalue weighted by molar-refractivity contribution is -0.138. The minimum atomic E-state index is -0.763. The van der Waals surface area contributed by atoms with E-state index in [9.17, 15) is 14.4 Å². The monoisotopic (exact) mass is 842 g/mol. The van der Waals surface area contributed by atoms with Crippen molar-refractivity contribution >= 4 is 57.6 Å². The van der Waals surface area contributed by atoms with Gasteiger partial charge in [-0.1, -0.05) is 91.9 Å². The Bertz CT molecular complexity index is 2350. The van der Waals surface area contributed by atoms with Crippen LogP contribution in [0.5, 0.6) is 11.5 Å². The van der Waals surface area contributed by atoms with E-state index < -0.39 is 12.0 Å². The van der Waals surface area contributed by atoms with Gasteiger partial charge in [-0.05, 0) is 95.0 Å². The minimum absolute atomic E-state index is 0.176. The molecule has 2 heterocycles. The number of halogens is 1. The van der Waals surface area contributed by atoms with Crippen LogP contribution in [0.2, 0.25) is 0 Å². The molecule has 4 aromatic carbocycles. The fraction of sp³-hybridized carbons (Fsp3) is 0.238. The number of ether oxygens (including phenoxy) is 4. The van der Waals surface area contributed by atoms with E-state index in [1.807, 2.05) is 84.9 Å². The predicted molar refractivity (Wildman–Crippen MR) is 214 cm³/mol. The minimum Gasteiger partial charge on any atom is -0.493 e. The van der Waals surface area contributed by atoms with E-state index >= 15 is 0 Å². The second kappa shape index (κ2) is 16.8. The van der Waals surface area contributed by atoms with Crippen LogP contribution in [0.1, 0.15) is 77.8 Å². The highest BCUT2D eigenvalue weighted by Crippen LogP contribution is 2.37. The molecule has 0 saturated heterocycles. The number of carbonyl (C=O) groups is 2. The first-order valence-corrected chi connectivity index (χ1v) is 19.2. The van der Waals surface area contributed by atoms with Gasteiger partial charge < -0.3 is 18.9 Å². The molecule has 6 rings (SSSR count). The normalized spacial score (nSPS) is 14.1. The maximum absolute atomic E-state index is 14.4. The van der Waals surface area contributed by atoms with Gasteiger partial charge in [-0.2, -0.15) is 0 Å². The second-order valence-electron chi connectivity index (χ2n) is 12.5. The average Bonchev–Trinajstić information content (AvgIpc) is 3.47. The molecule has 5 aromatic rings. The molecule has 0 aliphatic carbocycles. The van der Waals surface area contributed by atoms with Crippen LogP contribution in [0.3, 0.4) is 0 Å². The van der Waals surface area contributed by atoms with Gasteiger partial charge in [-0.25, -0.2) is 14.6 Å². The van der Waals surface area contributed by atoms with Gasteiger partial charge in [0.15, 0.2) is 16.3 Å². The topological polar surface area (TPSA) is 105 Å². The van der Waals surface area contributed by atoms with Crippen molar-refractivity contribution in [1.82, 2.24) is 4.57 Å². The molecule has 53 heavy (non-hydrogen) atoms. The highest BCUT2D eigenvalue weighted by molar-refractivity contribution is 14.1. The van der Waals surface area contributed by atoms with Gasteiger partial charge in [0, 0.05) is 5.56 Å². The van der Waals surface area contributed by atoms with Crippen LogP contribution in [0, 0.1) is 3.57 Å². The van der Waals surface area contributed by atoms with Crippen molar-refractivity contribution in [1.29, 1.82) is 0 Å². The van der Waals surface area contributed by atoms with E-state index in [0.29, 0.717) is 50.2 Å². The Hall–Kier alpha value is -5.01. The quantitative estimate of drug-likeness (QED) is 0.0951. The lowest BCUT2D eigenvalue weighted by Gasteiger charge is -2.26. The van der Waals surface area contributed by atoms with E-state index in [1.165, 1.54) is 11.3 Å². The van der Waals surface area contributed by atoms with Gasteiger partial charge >= 0.3 is 11.9 Å². The lowest BCUT2D eigenvalue weighted by Crippen LogP contribution is -2.40.